The minimum Gasteiger partial charge on any atom is -0.324 e. The molecular formula is C15H34N4. The fourth-order valence-corrected chi connectivity index (χ4v) is 3.24. The Morgan fingerprint density at radius 1 is 1.11 bits per heavy atom. The van der Waals surface area contributed by atoms with E-state index in [0.717, 1.165) is 19.6 Å². The first-order chi connectivity index (χ1) is 8.49. The second-order valence-electron chi connectivity index (χ2n) is 8.12. The number of rotatable bonds is 6. The summed E-state index contributed by atoms with van der Waals surface area (Å²) >= 11 is 0. The highest BCUT2D eigenvalue weighted by molar-refractivity contribution is 4.99. The van der Waals surface area contributed by atoms with Gasteiger partial charge in [-0.25, -0.2) is 0 Å². The molecule has 0 bridgehead atoms. The zero-order valence-corrected chi connectivity index (χ0v) is 13.7. The fourth-order valence-electron chi connectivity index (χ4n) is 3.24. The summed E-state index contributed by atoms with van der Waals surface area (Å²) in [5.74, 6) is 0. The number of piperidine rings is 1. The first kappa shape index (κ1) is 16.9. The smallest absolute Gasteiger partial charge is 0.0223 e. The lowest BCUT2D eigenvalue weighted by atomic mass is 9.79. The Morgan fingerprint density at radius 2 is 1.63 bits per heavy atom. The number of hydrogen-bond donors (Lipinski definition) is 4. The van der Waals surface area contributed by atoms with E-state index in [2.05, 4.69) is 43.6 Å². The third kappa shape index (κ3) is 7.25. The molecule has 4 heteroatoms. The van der Waals surface area contributed by atoms with E-state index in [1.165, 1.54) is 12.8 Å². The third-order valence-corrected chi connectivity index (χ3v) is 3.51. The minimum absolute atomic E-state index is 0.126. The molecule has 0 saturated carbocycles. The molecule has 0 aromatic heterocycles. The molecule has 0 aromatic rings. The lowest BCUT2D eigenvalue weighted by Crippen LogP contribution is -2.62. The van der Waals surface area contributed by atoms with Crippen LogP contribution in [-0.2, 0) is 0 Å². The van der Waals surface area contributed by atoms with Gasteiger partial charge < -0.3 is 21.7 Å². The van der Waals surface area contributed by atoms with E-state index >= 15 is 0 Å². The van der Waals surface area contributed by atoms with Gasteiger partial charge in [-0.2, -0.15) is 0 Å². The third-order valence-electron chi connectivity index (χ3n) is 3.51. The fraction of sp³-hybridized carbons (Fsp3) is 1.00. The van der Waals surface area contributed by atoms with Gasteiger partial charge in [0.25, 0.3) is 0 Å². The molecule has 1 aliphatic heterocycles. The van der Waals surface area contributed by atoms with Crippen LogP contribution in [0.5, 0.6) is 0 Å². The average Bonchev–Trinajstić information content (AvgIpc) is 2.09. The summed E-state index contributed by atoms with van der Waals surface area (Å²) in [5.41, 5.74) is 6.24. The van der Waals surface area contributed by atoms with Crippen molar-refractivity contribution in [1.29, 1.82) is 0 Å². The molecule has 0 atom stereocenters. The largest absolute Gasteiger partial charge is 0.324 e. The van der Waals surface area contributed by atoms with Gasteiger partial charge in [0.15, 0.2) is 0 Å². The van der Waals surface area contributed by atoms with Crippen LogP contribution in [0.25, 0.3) is 0 Å². The molecule has 1 heterocycles. The molecule has 1 saturated heterocycles. The maximum absolute atomic E-state index is 5.94. The van der Waals surface area contributed by atoms with Crippen molar-refractivity contribution in [3.8, 4) is 0 Å². The summed E-state index contributed by atoms with van der Waals surface area (Å²) in [5, 5.41) is 10.8. The summed E-state index contributed by atoms with van der Waals surface area (Å²) in [6.45, 7) is 16.1. The van der Waals surface area contributed by atoms with E-state index in [1.54, 1.807) is 0 Å². The number of nitrogens with one attached hydrogen (secondary N) is 3. The SMILES string of the molecule is CC(C)(N)CNCCNC1CC(C)(C)NC(C)(C)C1. The molecule has 0 spiro atoms. The van der Waals surface area contributed by atoms with E-state index in [1.807, 2.05) is 13.8 Å². The topological polar surface area (TPSA) is 62.1 Å². The van der Waals surface area contributed by atoms with Crippen LogP contribution < -0.4 is 21.7 Å². The summed E-state index contributed by atoms with van der Waals surface area (Å²) < 4.78 is 0. The second-order valence-corrected chi connectivity index (χ2v) is 8.12. The molecule has 114 valence electrons. The van der Waals surface area contributed by atoms with Gasteiger partial charge >= 0.3 is 0 Å². The molecule has 5 N–H and O–H groups in total. The van der Waals surface area contributed by atoms with Crippen molar-refractivity contribution < 1.29 is 0 Å². The Kier molecular flexibility index (Phi) is 5.41. The highest BCUT2D eigenvalue weighted by Crippen LogP contribution is 2.28. The molecule has 1 fully saturated rings. The molecule has 1 rings (SSSR count). The van der Waals surface area contributed by atoms with Crippen molar-refractivity contribution >= 4 is 0 Å². The van der Waals surface area contributed by atoms with Crippen molar-refractivity contribution in [2.45, 2.75) is 77.0 Å². The Bertz CT molecular complexity index is 262. The van der Waals surface area contributed by atoms with E-state index < -0.39 is 0 Å². The van der Waals surface area contributed by atoms with Crippen molar-refractivity contribution in [2.24, 2.45) is 5.73 Å². The second kappa shape index (κ2) is 6.08. The van der Waals surface area contributed by atoms with Gasteiger partial charge in [-0.15, -0.1) is 0 Å². The quantitative estimate of drug-likeness (QED) is 0.548. The lowest BCUT2D eigenvalue weighted by molar-refractivity contribution is 0.146. The lowest BCUT2D eigenvalue weighted by Gasteiger charge is -2.46. The van der Waals surface area contributed by atoms with Crippen LogP contribution in [0.4, 0.5) is 0 Å². The zero-order valence-electron chi connectivity index (χ0n) is 13.7. The van der Waals surface area contributed by atoms with Crippen molar-refractivity contribution in [1.82, 2.24) is 16.0 Å². The molecule has 0 amide bonds. The van der Waals surface area contributed by atoms with Crippen LogP contribution in [0.15, 0.2) is 0 Å². The number of hydrogen-bond acceptors (Lipinski definition) is 4. The normalized spacial score (nSPS) is 23.5. The van der Waals surface area contributed by atoms with E-state index in [0.29, 0.717) is 6.04 Å². The van der Waals surface area contributed by atoms with Crippen LogP contribution in [0.3, 0.4) is 0 Å². The van der Waals surface area contributed by atoms with Crippen LogP contribution in [0.1, 0.15) is 54.4 Å². The van der Waals surface area contributed by atoms with Crippen LogP contribution in [-0.4, -0.2) is 42.3 Å². The Labute approximate surface area is 119 Å². The molecule has 0 aliphatic carbocycles. The standard InChI is InChI=1S/C15H34N4/c1-13(2,16)11-17-7-8-18-12-9-14(3,4)19-15(5,6)10-12/h12,17-19H,7-11,16H2,1-6H3. The van der Waals surface area contributed by atoms with E-state index in [4.69, 9.17) is 5.73 Å². The molecule has 0 radical (unpaired) electrons. The highest BCUT2D eigenvalue weighted by atomic mass is 15.1. The molecule has 1 aliphatic rings. The van der Waals surface area contributed by atoms with Crippen LogP contribution in [0.2, 0.25) is 0 Å². The molecule has 4 nitrogen and oxygen atoms in total. The highest BCUT2D eigenvalue weighted by Gasteiger charge is 2.37. The van der Waals surface area contributed by atoms with Gasteiger partial charge in [0, 0.05) is 42.3 Å². The van der Waals surface area contributed by atoms with Gasteiger partial charge in [0.1, 0.15) is 0 Å². The van der Waals surface area contributed by atoms with Gasteiger partial charge in [-0.05, 0) is 54.4 Å². The van der Waals surface area contributed by atoms with Crippen LogP contribution >= 0.6 is 0 Å². The average molecular weight is 270 g/mol. The molecule has 19 heavy (non-hydrogen) atoms. The minimum atomic E-state index is -0.126. The Balaban J connectivity index is 2.26. The predicted molar refractivity (Wildman–Crippen MR) is 83.5 cm³/mol. The van der Waals surface area contributed by atoms with Crippen LogP contribution in [0, 0.1) is 0 Å². The zero-order chi connectivity index (χ0) is 14.7. The monoisotopic (exact) mass is 270 g/mol. The van der Waals surface area contributed by atoms with Crippen molar-refractivity contribution in [3.05, 3.63) is 0 Å². The predicted octanol–water partition coefficient (Wildman–Crippen LogP) is 1.21. The Morgan fingerprint density at radius 3 is 2.11 bits per heavy atom. The summed E-state index contributed by atoms with van der Waals surface area (Å²) in [4.78, 5) is 0. The van der Waals surface area contributed by atoms with E-state index in [-0.39, 0.29) is 16.6 Å². The molecule has 0 unspecified atom stereocenters. The van der Waals surface area contributed by atoms with Gasteiger partial charge in [0.2, 0.25) is 0 Å². The van der Waals surface area contributed by atoms with Gasteiger partial charge in [-0.1, -0.05) is 0 Å². The maximum Gasteiger partial charge on any atom is 0.0223 e. The van der Waals surface area contributed by atoms with Gasteiger partial charge in [0.05, 0.1) is 0 Å². The number of nitrogens with two attached hydrogens (primary N) is 1. The summed E-state index contributed by atoms with van der Waals surface area (Å²) in [7, 11) is 0. The van der Waals surface area contributed by atoms with Crippen molar-refractivity contribution in [3.63, 3.8) is 0 Å². The van der Waals surface area contributed by atoms with Crippen molar-refractivity contribution in [2.75, 3.05) is 19.6 Å². The molecule has 0 aromatic carbocycles. The summed E-state index contributed by atoms with van der Waals surface area (Å²) in [6.07, 6.45) is 2.36. The Hall–Kier alpha value is -0.160. The first-order valence-corrected chi connectivity index (χ1v) is 7.52. The first-order valence-electron chi connectivity index (χ1n) is 7.52. The summed E-state index contributed by atoms with van der Waals surface area (Å²) in [6, 6.07) is 0.596. The van der Waals surface area contributed by atoms with Gasteiger partial charge in [-0.3, -0.25) is 0 Å². The maximum atomic E-state index is 5.94. The molecular weight excluding hydrogens is 236 g/mol. The van der Waals surface area contributed by atoms with E-state index in [9.17, 15) is 0 Å².